The average Bonchev–Trinajstić information content (AvgIpc) is 3.63. The third-order valence-corrected chi connectivity index (χ3v) is 9.76. The number of rotatable bonds is 12. The van der Waals surface area contributed by atoms with Gasteiger partial charge in [-0.25, -0.2) is 14.2 Å². The molecule has 7 rings (SSSR count). The van der Waals surface area contributed by atoms with Gasteiger partial charge >= 0.3 is 5.97 Å². The third kappa shape index (κ3) is 7.72. The number of aromatic nitrogens is 1. The van der Waals surface area contributed by atoms with Gasteiger partial charge in [-0.3, -0.25) is 4.79 Å². The average molecular weight is 732 g/mol. The summed E-state index contributed by atoms with van der Waals surface area (Å²) in [4.78, 5) is 30.9. The van der Waals surface area contributed by atoms with Gasteiger partial charge in [-0.05, 0) is 99.6 Å². The number of nitrogens with zero attached hydrogens (tertiary/aromatic N) is 3. The molecule has 266 valence electrons. The van der Waals surface area contributed by atoms with Gasteiger partial charge in [-0.2, -0.15) is 10.1 Å². The van der Waals surface area contributed by atoms with Crippen molar-refractivity contribution < 1.29 is 23.5 Å². The molecular formula is C45H34FN3O4S. The van der Waals surface area contributed by atoms with Crippen LogP contribution in [0.3, 0.4) is 0 Å². The predicted octanol–water partition coefficient (Wildman–Crippen LogP) is 11.2. The van der Waals surface area contributed by atoms with E-state index in [1.165, 1.54) is 64.4 Å². The fourth-order valence-electron chi connectivity index (χ4n) is 6.05. The van der Waals surface area contributed by atoms with Crippen LogP contribution in [0.1, 0.15) is 34.8 Å². The molecule has 1 heterocycles. The summed E-state index contributed by atoms with van der Waals surface area (Å²) >= 11 is 1.27. The Morgan fingerprint density at radius 2 is 1.54 bits per heavy atom. The van der Waals surface area contributed by atoms with Gasteiger partial charge in [-0.1, -0.05) is 111 Å². The van der Waals surface area contributed by atoms with Crippen LogP contribution in [0.4, 0.5) is 9.52 Å². The molecule has 54 heavy (non-hydrogen) atoms. The van der Waals surface area contributed by atoms with E-state index in [4.69, 9.17) is 9.47 Å². The summed E-state index contributed by atoms with van der Waals surface area (Å²) in [6, 6.07) is 37.4. The number of hydrazone groups is 1. The number of fused-ring (bicyclic) bond motifs is 2. The second-order valence-corrected chi connectivity index (χ2v) is 13.4. The summed E-state index contributed by atoms with van der Waals surface area (Å²) in [5.41, 5.74) is 5.91. The molecule has 0 fully saturated rings. The molecule has 1 amide bonds. The number of amides is 1. The molecule has 1 aromatic heterocycles. The Hall–Kier alpha value is -6.71. The Balaban J connectivity index is 1.10. The lowest BCUT2D eigenvalue weighted by atomic mass is 9.97. The molecule has 0 aliphatic carbocycles. The molecule has 0 atom stereocenters. The number of halogens is 1. The van der Waals surface area contributed by atoms with Crippen LogP contribution in [0.25, 0.3) is 43.2 Å². The molecule has 0 N–H and O–H groups in total. The lowest BCUT2D eigenvalue weighted by molar-refractivity contribution is -0.114. The fourth-order valence-corrected chi connectivity index (χ4v) is 6.98. The van der Waals surface area contributed by atoms with Crippen molar-refractivity contribution in [1.29, 1.82) is 0 Å². The first-order chi connectivity index (χ1) is 26.3. The molecule has 0 spiro atoms. The zero-order chi connectivity index (χ0) is 37.6. The van der Waals surface area contributed by atoms with Crippen molar-refractivity contribution in [2.45, 2.75) is 19.8 Å². The molecule has 6 aromatic carbocycles. The third-order valence-electron chi connectivity index (χ3n) is 8.75. The largest absolute Gasteiger partial charge is 0.466 e. The number of thiazole rings is 1. The number of ether oxygens (including phenoxy) is 2. The van der Waals surface area contributed by atoms with E-state index >= 15 is 4.39 Å². The summed E-state index contributed by atoms with van der Waals surface area (Å²) in [6.07, 6.45) is 5.83. The van der Waals surface area contributed by atoms with Gasteiger partial charge in [0.05, 0.1) is 28.3 Å². The van der Waals surface area contributed by atoms with Gasteiger partial charge in [0.1, 0.15) is 5.75 Å². The number of anilines is 1. The van der Waals surface area contributed by atoms with Crippen LogP contribution in [0.15, 0.2) is 152 Å². The van der Waals surface area contributed by atoms with Crippen molar-refractivity contribution in [3.63, 3.8) is 0 Å². The normalized spacial score (nSPS) is 11.1. The molecule has 0 radical (unpaired) electrons. The first-order valence-corrected chi connectivity index (χ1v) is 18.1. The summed E-state index contributed by atoms with van der Waals surface area (Å²) in [6.45, 7) is 9.35. The number of hydrogen-bond acceptors (Lipinski definition) is 7. The molecule has 0 unspecified atom stereocenters. The van der Waals surface area contributed by atoms with E-state index in [2.05, 4.69) is 66.6 Å². The molecule has 7 aromatic rings. The van der Waals surface area contributed by atoms with Crippen LogP contribution in [0.2, 0.25) is 0 Å². The van der Waals surface area contributed by atoms with E-state index in [0.29, 0.717) is 22.0 Å². The monoisotopic (exact) mass is 731 g/mol. The number of aryl methyl sites for hydroxylation is 1. The predicted molar refractivity (Wildman–Crippen MR) is 216 cm³/mol. The van der Waals surface area contributed by atoms with Gasteiger partial charge in [0, 0.05) is 5.56 Å². The lowest BCUT2D eigenvalue weighted by Crippen LogP contribution is -2.23. The Bertz CT molecular complexity index is 2540. The number of para-hydroxylation sites is 1. The van der Waals surface area contributed by atoms with Gasteiger partial charge in [0.25, 0.3) is 5.91 Å². The van der Waals surface area contributed by atoms with Crippen LogP contribution in [0.5, 0.6) is 11.5 Å². The SMILES string of the molecule is C=COc1ccc(C(=O)Oc2ccc(-c3ccc(-c4ccc5cc(CCC)ccc5c4)cc3)cc2F)c(/C=N/N(C(=O)C=C)c2nc3ccccc3s2)c1. The molecule has 0 bridgehead atoms. The van der Waals surface area contributed by atoms with Crippen molar-refractivity contribution in [1.82, 2.24) is 4.98 Å². The van der Waals surface area contributed by atoms with Crippen LogP contribution in [-0.4, -0.2) is 23.1 Å². The molecule has 9 heteroatoms. The Kier molecular flexibility index (Phi) is 10.5. The highest BCUT2D eigenvalue weighted by molar-refractivity contribution is 7.22. The standard InChI is InChI=1S/C45H34FN3O4S/c1-4-9-29-12-13-34-25-33(19-18-32(34)24-29)30-14-16-31(17-15-30)35-20-23-41(39(46)27-35)53-44(51)38-22-21-37(52-6-3)26-36(38)28-47-49(43(50)5-2)45-48-40-10-7-8-11-42(40)54-45/h5-8,10-28H,2-4,9H2,1H3/b47-28+. The summed E-state index contributed by atoms with van der Waals surface area (Å²) in [5.74, 6) is -1.96. The first-order valence-electron chi connectivity index (χ1n) is 17.3. The Labute approximate surface area is 315 Å². The van der Waals surface area contributed by atoms with Crippen molar-refractivity contribution in [2.75, 3.05) is 5.01 Å². The quantitative estimate of drug-likeness (QED) is 0.0312. The van der Waals surface area contributed by atoms with Crippen LogP contribution in [-0.2, 0) is 11.2 Å². The van der Waals surface area contributed by atoms with E-state index < -0.39 is 17.7 Å². The highest BCUT2D eigenvalue weighted by Gasteiger charge is 2.20. The topological polar surface area (TPSA) is 81.1 Å². The summed E-state index contributed by atoms with van der Waals surface area (Å²) < 4.78 is 27.3. The maximum Gasteiger partial charge on any atom is 0.344 e. The smallest absolute Gasteiger partial charge is 0.344 e. The molecule has 0 aliphatic heterocycles. The lowest BCUT2D eigenvalue weighted by Gasteiger charge is -2.13. The van der Waals surface area contributed by atoms with Gasteiger partial charge in [0.15, 0.2) is 11.6 Å². The minimum Gasteiger partial charge on any atom is -0.466 e. The number of benzene rings is 6. The van der Waals surface area contributed by atoms with Crippen molar-refractivity contribution in [3.05, 3.63) is 169 Å². The van der Waals surface area contributed by atoms with Crippen molar-refractivity contribution >= 4 is 55.5 Å². The number of esters is 1. The second kappa shape index (κ2) is 15.9. The molecule has 0 saturated carbocycles. The number of hydrogen-bond donors (Lipinski definition) is 0. The van der Waals surface area contributed by atoms with E-state index in [0.717, 1.165) is 45.3 Å². The van der Waals surface area contributed by atoms with Crippen molar-refractivity contribution in [3.8, 4) is 33.8 Å². The van der Waals surface area contributed by atoms with Crippen LogP contribution < -0.4 is 14.5 Å². The minimum atomic E-state index is -0.837. The van der Waals surface area contributed by atoms with E-state index in [1.54, 1.807) is 12.1 Å². The molecule has 0 saturated heterocycles. The molecule has 0 aliphatic rings. The maximum absolute atomic E-state index is 15.5. The Morgan fingerprint density at radius 1 is 0.833 bits per heavy atom. The maximum atomic E-state index is 15.5. The number of carbonyl (C=O) groups excluding carboxylic acids is 2. The van der Waals surface area contributed by atoms with Crippen LogP contribution >= 0.6 is 11.3 Å². The van der Waals surface area contributed by atoms with Gasteiger partial charge < -0.3 is 9.47 Å². The molecule has 7 nitrogen and oxygen atoms in total. The summed E-state index contributed by atoms with van der Waals surface area (Å²) in [5, 5.41) is 8.16. The molecular weight excluding hydrogens is 698 g/mol. The fraction of sp³-hybridized carbons (Fsp3) is 0.0667. The number of carbonyl (C=O) groups is 2. The van der Waals surface area contributed by atoms with Crippen LogP contribution in [0, 0.1) is 5.82 Å². The highest BCUT2D eigenvalue weighted by atomic mass is 32.1. The second-order valence-electron chi connectivity index (χ2n) is 12.4. The highest BCUT2D eigenvalue weighted by Crippen LogP contribution is 2.32. The van der Waals surface area contributed by atoms with Gasteiger partial charge in [-0.15, -0.1) is 0 Å². The van der Waals surface area contributed by atoms with Gasteiger partial charge in [0.2, 0.25) is 5.13 Å². The zero-order valence-electron chi connectivity index (χ0n) is 29.4. The zero-order valence-corrected chi connectivity index (χ0v) is 30.2. The summed E-state index contributed by atoms with van der Waals surface area (Å²) in [7, 11) is 0. The first kappa shape index (κ1) is 35.7. The minimum absolute atomic E-state index is 0.0552. The van der Waals surface area contributed by atoms with E-state index in [-0.39, 0.29) is 16.9 Å². The van der Waals surface area contributed by atoms with E-state index in [1.807, 2.05) is 48.5 Å². The Morgan fingerprint density at radius 3 is 2.26 bits per heavy atom. The van der Waals surface area contributed by atoms with E-state index in [9.17, 15) is 9.59 Å². The van der Waals surface area contributed by atoms with Crippen molar-refractivity contribution in [2.24, 2.45) is 5.10 Å².